The molecule has 1 atom stereocenters. The lowest BCUT2D eigenvalue weighted by Gasteiger charge is -2.25. The summed E-state index contributed by atoms with van der Waals surface area (Å²) < 4.78 is 2.10. The Labute approximate surface area is 187 Å². The predicted octanol–water partition coefficient (Wildman–Crippen LogP) is 1.74. The summed E-state index contributed by atoms with van der Waals surface area (Å²) in [6.07, 6.45) is 6.70. The quantitative estimate of drug-likeness (QED) is 0.364. The summed E-state index contributed by atoms with van der Waals surface area (Å²) in [7, 11) is 4.07. The van der Waals surface area contributed by atoms with Crippen molar-refractivity contribution in [2.45, 2.75) is 51.6 Å². The van der Waals surface area contributed by atoms with Gasteiger partial charge in [0, 0.05) is 57.9 Å². The third kappa shape index (κ3) is 6.59. The minimum absolute atomic E-state index is 0. The van der Waals surface area contributed by atoms with E-state index in [1.54, 1.807) is 0 Å². The molecule has 1 aliphatic carbocycles. The predicted molar refractivity (Wildman–Crippen MR) is 127 cm³/mol. The summed E-state index contributed by atoms with van der Waals surface area (Å²) in [5.74, 6) is 0.915. The molecule has 2 aliphatic rings. The molecule has 0 aromatic carbocycles. The van der Waals surface area contributed by atoms with Gasteiger partial charge in [0.25, 0.3) is 0 Å². The van der Waals surface area contributed by atoms with Crippen LogP contribution in [0.3, 0.4) is 0 Å². The molecule has 1 aliphatic heterocycles. The van der Waals surface area contributed by atoms with E-state index >= 15 is 0 Å². The van der Waals surface area contributed by atoms with Gasteiger partial charge in [-0.25, -0.2) is 0 Å². The fourth-order valence-electron chi connectivity index (χ4n) is 3.94. The molecule has 1 unspecified atom stereocenters. The first-order valence-electron chi connectivity index (χ1n) is 10.5. The van der Waals surface area contributed by atoms with E-state index in [-0.39, 0.29) is 24.0 Å². The largest absolute Gasteiger partial charge is 0.355 e. The highest BCUT2D eigenvalue weighted by atomic mass is 127. The molecular formula is C20H38IN7. The number of likely N-dealkylation sites (N-methyl/N-ethyl adjacent to an activating group) is 1. The number of nitrogens with one attached hydrogen (secondary N) is 2. The van der Waals surface area contributed by atoms with Gasteiger partial charge < -0.3 is 20.4 Å². The van der Waals surface area contributed by atoms with Crippen molar-refractivity contribution in [3.05, 3.63) is 17.5 Å². The topological polar surface area (TPSA) is 60.7 Å². The molecule has 1 saturated heterocycles. The number of fused-ring (bicyclic) bond motifs is 1. The van der Waals surface area contributed by atoms with Crippen LogP contribution in [0.4, 0.5) is 0 Å². The summed E-state index contributed by atoms with van der Waals surface area (Å²) in [6, 6.07) is 0.835. The lowest BCUT2D eigenvalue weighted by molar-refractivity contribution is 0.279. The van der Waals surface area contributed by atoms with E-state index in [1.807, 2.05) is 7.05 Å². The Bertz CT molecular complexity index is 628. The lowest BCUT2D eigenvalue weighted by atomic mass is 9.94. The summed E-state index contributed by atoms with van der Waals surface area (Å²) in [6.45, 7) is 11.1. The van der Waals surface area contributed by atoms with E-state index < -0.39 is 0 Å². The van der Waals surface area contributed by atoms with Gasteiger partial charge in [0.05, 0.1) is 5.69 Å². The summed E-state index contributed by atoms with van der Waals surface area (Å²) >= 11 is 0. The maximum atomic E-state index is 4.78. The summed E-state index contributed by atoms with van der Waals surface area (Å²) in [5.41, 5.74) is 2.66. The van der Waals surface area contributed by atoms with E-state index in [0.29, 0.717) is 12.1 Å². The Morgan fingerprint density at radius 1 is 1.29 bits per heavy atom. The Kier molecular flexibility index (Phi) is 9.49. The van der Waals surface area contributed by atoms with Gasteiger partial charge in [-0.05, 0) is 58.8 Å². The molecule has 8 heteroatoms. The van der Waals surface area contributed by atoms with E-state index in [0.717, 1.165) is 44.9 Å². The van der Waals surface area contributed by atoms with Crippen LogP contribution in [-0.2, 0) is 12.8 Å². The molecule has 0 amide bonds. The van der Waals surface area contributed by atoms with Crippen molar-refractivity contribution in [3.63, 3.8) is 0 Å². The molecule has 2 heterocycles. The van der Waals surface area contributed by atoms with Crippen molar-refractivity contribution in [2.75, 3.05) is 53.4 Å². The zero-order valence-electron chi connectivity index (χ0n) is 17.9. The van der Waals surface area contributed by atoms with Gasteiger partial charge in [-0.3, -0.25) is 9.67 Å². The Balaban J connectivity index is 0.00000280. The molecular weight excluding hydrogens is 465 g/mol. The van der Waals surface area contributed by atoms with E-state index in [9.17, 15) is 0 Å². The molecule has 7 nitrogen and oxygen atoms in total. The van der Waals surface area contributed by atoms with Crippen molar-refractivity contribution < 1.29 is 0 Å². The zero-order valence-corrected chi connectivity index (χ0v) is 20.3. The van der Waals surface area contributed by atoms with E-state index in [2.05, 4.69) is 57.2 Å². The van der Waals surface area contributed by atoms with Crippen LogP contribution in [0.5, 0.6) is 0 Å². The van der Waals surface area contributed by atoms with Crippen LogP contribution >= 0.6 is 24.0 Å². The smallest absolute Gasteiger partial charge is 0.191 e. The highest BCUT2D eigenvalue weighted by Gasteiger charge is 2.23. The number of rotatable bonds is 5. The second-order valence-electron chi connectivity index (χ2n) is 8.26. The SMILES string of the molecule is CN=C(NCCN1CCCN(C)CC1)NC1CCc2cn(C(C)C)nc2C1.I. The van der Waals surface area contributed by atoms with Crippen LogP contribution in [-0.4, -0.2) is 84.9 Å². The van der Waals surface area contributed by atoms with Crippen LogP contribution in [0.2, 0.25) is 0 Å². The number of aromatic nitrogens is 2. The molecule has 3 rings (SSSR count). The van der Waals surface area contributed by atoms with Gasteiger partial charge >= 0.3 is 0 Å². The van der Waals surface area contributed by atoms with Crippen molar-refractivity contribution in [2.24, 2.45) is 4.99 Å². The second-order valence-corrected chi connectivity index (χ2v) is 8.26. The molecule has 0 spiro atoms. The minimum atomic E-state index is 0. The zero-order chi connectivity index (χ0) is 19.2. The molecule has 28 heavy (non-hydrogen) atoms. The van der Waals surface area contributed by atoms with E-state index in [1.165, 1.54) is 37.3 Å². The number of halogens is 1. The molecule has 1 fully saturated rings. The Morgan fingerprint density at radius 3 is 2.86 bits per heavy atom. The highest BCUT2D eigenvalue weighted by molar-refractivity contribution is 14.0. The molecule has 0 bridgehead atoms. The maximum absolute atomic E-state index is 4.78. The molecule has 2 N–H and O–H groups in total. The van der Waals surface area contributed by atoms with Gasteiger partial charge in [0.1, 0.15) is 0 Å². The van der Waals surface area contributed by atoms with Gasteiger partial charge in [0.15, 0.2) is 5.96 Å². The fourth-order valence-corrected chi connectivity index (χ4v) is 3.94. The van der Waals surface area contributed by atoms with Gasteiger partial charge in [-0.15, -0.1) is 24.0 Å². The van der Waals surface area contributed by atoms with Crippen LogP contribution < -0.4 is 10.6 Å². The minimum Gasteiger partial charge on any atom is -0.355 e. The first kappa shape index (κ1) is 23.4. The van der Waals surface area contributed by atoms with Gasteiger partial charge in [-0.1, -0.05) is 0 Å². The average molecular weight is 503 g/mol. The molecule has 1 aromatic rings. The number of guanidine groups is 1. The first-order valence-corrected chi connectivity index (χ1v) is 10.5. The fraction of sp³-hybridized carbons (Fsp3) is 0.800. The Morgan fingerprint density at radius 2 is 2.11 bits per heavy atom. The number of hydrogen-bond donors (Lipinski definition) is 2. The van der Waals surface area contributed by atoms with Crippen molar-refractivity contribution in [1.29, 1.82) is 0 Å². The van der Waals surface area contributed by atoms with Crippen molar-refractivity contribution >= 4 is 29.9 Å². The summed E-state index contributed by atoms with van der Waals surface area (Å²) in [4.78, 5) is 9.40. The standard InChI is InChI=1S/C20H37N7.HI/c1-16(2)27-15-17-6-7-18(14-19(17)24-27)23-20(21-3)22-8-11-26-10-5-9-25(4)12-13-26;/h15-16,18H,5-14H2,1-4H3,(H2,21,22,23);1H. The van der Waals surface area contributed by atoms with Crippen LogP contribution in [0.25, 0.3) is 0 Å². The maximum Gasteiger partial charge on any atom is 0.191 e. The van der Waals surface area contributed by atoms with Crippen LogP contribution in [0, 0.1) is 0 Å². The van der Waals surface area contributed by atoms with E-state index in [4.69, 9.17) is 5.10 Å². The molecule has 1 aromatic heterocycles. The van der Waals surface area contributed by atoms with Crippen LogP contribution in [0.15, 0.2) is 11.2 Å². The summed E-state index contributed by atoms with van der Waals surface area (Å²) in [5, 5.41) is 11.9. The Hall–Kier alpha value is -0.870. The van der Waals surface area contributed by atoms with Gasteiger partial charge in [0.2, 0.25) is 0 Å². The molecule has 160 valence electrons. The average Bonchev–Trinajstić information content (AvgIpc) is 2.97. The third-order valence-electron chi connectivity index (χ3n) is 5.72. The van der Waals surface area contributed by atoms with Gasteiger partial charge in [-0.2, -0.15) is 5.10 Å². The number of aliphatic imine (C=N–C) groups is 1. The number of nitrogens with zero attached hydrogens (tertiary/aromatic N) is 5. The van der Waals surface area contributed by atoms with Crippen molar-refractivity contribution in [3.8, 4) is 0 Å². The molecule has 0 radical (unpaired) electrons. The number of hydrogen-bond acceptors (Lipinski definition) is 4. The lowest BCUT2D eigenvalue weighted by Crippen LogP contribution is -2.47. The number of aryl methyl sites for hydroxylation is 1. The first-order chi connectivity index (χ1) is 13.0. The van der Waals surface area contributed by atoms with Crippen LogP contribution in [0.1, 0.15) is 44.0 Å². The van der Waals surface area contributed by atoms with Crippen molar-refractivity contribution in [1.82, 2.24) is 30.2 Å². The molecule has 0 saturated carbocycles. The second kappa shape index (κ2) is 11.3. The third-order valence-corrected chi connectivity index (χ3v) is 5.72. The highest BCUT2D eigenvalue weighted by Crippen LogP contribution is 2.21. The normalized spacial score (nSPS) is 21.8. The monoisotopic (exact) mass is 503 g/mol.